The van der Waals surface area contributed by atoms with Gasteiger partial charge in [-0.05, 0) is 13.8 Å². The summed E-state index contributed by atoms with van der Waals surface area (Å²) in [5.41, 5.74) is -0.767. The van der Waals surface area contributed by atoms with Crippen molar-refractivity contribution in [1.29, 1.82) is 0 Å². The molecule has 1 aliphatic heterocycles. The molecule has 1 aliphatic rings. The molecular weight excluding hydrogens is 192 g/mol. The Morgan fingerprint density at radius 1 is 1.77 bits per heavy atom. The SMILES string of the molecule is CC(C)(O)CNSN1CCOC1=O. The predicted molar refractivity (Wildman–Crippen MR) is 49.9 cm³/mol. The van der Waals surface area contributed by atoms with Crippen LogP contribution in [0.1, 0.15) is 13.8 Å². The maximum atomic E-state index is 10.9. The monoisotopic (exact) mass is 206 g/mol. The lowest BCUT2D eigenvalue weighted by molar-refractivity contribution is 0.0862. The maximum Gasteiger partial charge on any atom is 0.421 e. The number of amides is 1. The van der Waals surface area contributed by atoms with Crippen LogP contribution in [-0.4, -0.2) is 40.8 Å². The van der Waals surface area contributed by atoms with Crippen molar-refractivity contribution in [2.45, 2.75) is 19.4 Å². The molecule has 0 spiro atoms. The van der Waals surface area contributed by atoms with Crippen molar-refractivity contribution < 1.29 is 14.6 Å². The Kier molecular flexibility index (Phi) is 3.40. The minimum atomic E-state index is -0.767. The van der Waals surface area contributed by atoms with E-state index in [0.29, 0.717) is 19.7 Å². The molecule has 0 radical (unpaired) electrons. The van der Waals surface area contributed by atoms with Crippen LogP contribution in [0.5, 0.6) is 0 Å². The first-order valence-electron chi connectivity index (χ1n) is 4.05. The zero-order chi connectivity index (χ0) is 9.90. The number of carbonyl (C=O) groups is 1. The Hall–Kier alpha value is -0.460. The number of ether oxygens (including phenoxy) is 1. The molecule has 1 heterocycles. The van der Waals surface area contributed by atoms with Gasteiger partial charge in [0.1, 0.15) is 6.61 Å². The van der Waals surface area contributed by atoms with E-state index in [0.717, 1.165) is 0 Å². The van der Waals surface area contributed by atoms with Crippen molar-refractivity contribution >= 4 is 18.2 Å². The molecule has 5 nitrogen and oxygen atoms in total. The number of hydrogen-bond donors (Lipinski definition) is 2. The molecular formula is C7H14N2O3S. The molecule has 0 bridgehead atoms. The lowest BCUT2D eigenvalue weighted by Crippen LogP contribution is -2.34. The van der Waals surface area contributed by atoms with E-state index in [-0.39, 0.29) is 6.09 Å². The molecule has 0 aromatic rings. The molecule has 1 rings (SSSR count). The third-order valence-electron chi connectivity index (χ3n) is 1.40. The third kappa shape index (κ3) is 3.84. The number of carbonyl (C=O) groups excluding carboxylic acids is 1. The number of nitrogens with one attached hydrogen (secondary N) is 1. The smallest absolute Gasteiger partial charge is 0.421 e. The van der Waals surface area contributed by atoms with Crippen LogP contribution in [0.25, 0.3) is 0 Å². The Bertz CT molecular complexity index is 193. The summed E-state index contributed by atoms with van der Waals surface area (Å²) in [5, 5.41) is 9.35. The number of aliphatic hydroxyl groups is 1. The van der Waals surface area contributed by atoms with Crippen molar-refractivity contribution in [2.24, 2.45) is 0 Å². The highest BCUT2D eigenvalue weighted by Crippen LogP contribution is 2.13. The summed E-state index contributed by atoms with van der Waals surface area (Å²) in [6, 6.07) is 0. The highest BCUT2D eigenvalue weighted by atomic mass is 32.2. The summed E-state index contributed by atoms with van der Waals surface area (Å²) >= 11 is 1.17. The highest BCUT2D eigenvalue weighted by molar-refractivity contribution is 7.95. The van der Waals surface area contributed by atoms with Gasteiger partial charge < -0.3 is 9.84 Å². The third-order valence-corrected chi connectivity index (χ3v) is 2.23. The average molecular weight is 206 g/mol. The molecule has 0 aliphatic carbocycles. The molecule has 1 fully saturated rings. The summed E-state index contributed by atoms with van der Waals surface area (Å²) in [4.78, 5) is 10.9. The van der Waals surface area contributed by atoms with E-state index >= 15 is 0 Å². The second-order valence-corrected chi connectivity index (χ2v) is 4.35. The van der Waals surface area contributed by atoms with Gasteiger partial charge in [-0.2, -0.15) is 0 Å². The first-order valence-corrected chi connectivity index (χ1v) is 4.83. The molecule has 6 heteroatoms. The van der Waals surface area contributed by atoms with E-state index < -0.39 is 5.60 Å². The maximum absolute atomic E-state index is 10.9. The molecule has 0 unspecified atom stereocenters. The van der Waals surface area contributed by atoms with Gasteiger partial charge in [0.05, 0.1) is 12.1 Å². The molecule has 76 valence electrons. The number of cyclic esters (lactones) is 1. The van der Waals surface area contributed by atoms with Crippen LogP contribution in [0.4, 0.5) is 4.79 Å². The van der Waals surface area contributed by atoms with Crippen LogP contribution in [0, 0.1) is 0 Å². The van der Waals surface area contributed by atoms with Crippen LogP contribution in [-0.2, 0) is 4.74 Å². The zero-order valence-electron chi connectivity index (χ0n) is 7.74. The Balaban J connectivity index is 2.16. The second-order valence-electron chi connectivity index (χ2n) is 3.44. The van der Waals surface area contributed by atoms with Gasteiger partial charge in [0, 0.05) is 18.7 Å². The van der Waals surface area contributed by atoms with Crippen molar-refractivity contribution in [2.75, 3.05) is 19.7 Å². The van der Waals surface area contributed by atoms with Gasteiger partial charge in [-0.15, -0.1) is 0 Å². The van der Waals surface area contributed by atoms with E-state index in [1.54, 1.807) is 13.8 Å². The van der Waals surface area contributed by atoms with E-state index in [2.05, 4.69) is 4.72 Å². The van der Waals surface area contributed by atoms with Gasteiger partial charge in [0.2, 0.25) is 0 Å². The number of rotatable bonds is 4. The molecule has 1 amide bonds. The fourth-order valence-electron chi connectivity index (χ4n) is 0.749. The normalized spacial score (nSPS) is 17.8. The molecule has 0 saturated carbocycles. The van der Waals surface area contributed by atoms with Gasteiger partial charge in [-0.25, -0.2) is 13.8 Å². The van der Waals surface area contributed by atoms with Crippen LogP contribution in [0.3, 0.4) is 0 Å². The van der Waals surface area contributed by atoms with E-state index in [9.17, 15) is 9.90 Å². The summed E-state index contributed by atoms with van der Waals surface area (Å²) in [6.45, 7) is 4.84. The van der Waals surface area contributed by atoms with Crippen LogP contribution < -0.4 is 4.72 Å². The molecule has 0 aromatic heterocycles. The predicted octanol–water partition coefficient (Wildman–Crippen LogP) is 0.362. The van der Waals surface area contributed by atoms with E-state index in [1.165, 1.54) is 16.4 Å². The summed E-state index contributed by atoms with van der Waals surface area (Å²) in [5.74, 6) is 0. The van der Waals surface area contributed by atoms with Gasteiger partial charge in [0.25, 0.3) is 0 Å². The molecule has 2 N–H and O–H groups in total. The molecule has 13 heavy (non-hydrogen) atoms. The van der Waals surface area contributed by atoms with Gasteiger partial charge >= 0.3 is 6.09 Å². The Morgan fingerprint density at radius 3 is 2.92 bits per heavy atom. The van der Waals surface area contributed by atoms with Crippen molar-refractivity contribution in [3.8, 4) is 0 Å². The minimum absolute atomic E-state index is 0.326. The highest BCUT2D eigenvalue weighted by Gasteiger charge is 2.23. The van der Waals surface area contributed by atoms with Gasteiger partial charge in [0.15, 0.2) is 0 Å². The van der Waals surface area contributed by atoms with Gasteiger partial charge in [-0.3, -0.25) is 0 Å². The molecule has 0 atom stereocenters. The van der Waals surface area contributed by atoms with Crippen LogP contribution >= 0.6 is 12.1 Å². The molecule has 1 saturated heterocycles. The molecule has 0 aromatic carbocycles. The quantitative estimate of drug-likeness (QED) is 0.650. The Labute approximate surface area is 81.7 Å². The van der Waals surface area contributed by atoms with Crippen LogP contribution in [0.15, 0.2) is 0 Å². The minimum Gasteiger partial charge on any atom is -0.447 e. The summed E-state index contributed by atoms with van der Waals surface area (Å²) in [6.07, 6.45) is -0.326. The second kappa shape index (κ2) is 4.17. The van der Waals surface area contributed by atoms with Crippen molar-refractivity contribution in [3.05, 3.63) is 0 Å². The number of nitrogens with zero attached hydrogens (tertiary/aromatic N) is 1. The summed E-state index contributed by atoms with van der Waals surface area (Å²) < 4.78 is 9.08. The lowest BCUT2D eigenvalue weighted by Gasteiger charge is -2.18. The largest absolute Gasteiger partial charge is 0.447 e. The van der Waals surface area contributed by atoms with Crippen molar-refractivity contribution in [1.82, 2.24) is 9.03 Å². The standard InChI is InChI=1S/C7H14N2O3S/c1-7(2,11)5-8-13-9-3-4-12-6(9)10/h8,11H,3-5H2,1-2H3. The Morgan fingerprint density at radius 2 is 2.46 bits per heavy atom. The first-order chi connectivity index (χ1) is 5.99. The fraction of sp³-hybridized carbons (Fsp3) is 0.857. The van der Waals surface area contributed by atoms with Gasteiger partial charge in [-0.1, -0.05) is 0 Å². The average Bonchev–Trinajstić information content (AvgIpc) is 2.34. The summed E-state index contributed by atoms with van der Waals surface area (Å²) in [7, 11) is 0. The van der Waals surface area contributed by atoms with Crippen molar-refractivity contribution in [3.63, 3.8) is 0 Å². The van der Waals surface area contributed by atoms with E-state index in [1.807, 2.05) is 0 Å². The topological polar surface area (TPSA) is 61.8 Å². The van der Waals surface area contributed by atoms with E-state index in [4.69, 9.17) is 4.74 Å². The number of hydrogen-bond acceptors (Lipinski definition) is 5. The first kappa shape index (κ1) is 10.6. The lowest BCUT2D eigenvalue weighted by atomic mass is 10.1. The fourth-order valence-corrected chi connectivity index (χ4v) is 1.62. The zero-order valence-corrected chi connectivity index (χ0v) is 8.56. The van der Waals surface area contributed by atoms with Crippen LogP contribution in [0.2, 0.25) is 0 Å².